The summed E-state index contributed by atoms with van der Waals surface area (Å²) in [5.41, 5.74) is 3.80. The second kappa shape index (κ2) is 5.68. The summed E-state index contributed by atoms with van der Waals surface area (Å²) in [6.45, 7) is 13.5. The van der Waals surface area contributed by atoms with Gasteiger partial charge in [0.1, 0.15) is 5.75 Å². The van der Waals surface area contributed by atoms with Gasteiger partial charge in [-0.1, -0.05) is 57.2 Å². The Balaban J connectivity index is 2.33. The van der Waals surface area contributed by atoms with Crippen LogP contribution in [0, 0.1) is 6.92 Å². The van der Waals surface area contributed by atoms with Crippen molar-refractivity contribution < 1.29 is 4.43 Å². The van der Waals surface area contributed by atoms with E-state index in [-0.39, 0.29) is 5.04 Å². The Labute approximate surface area is 130 Å². The predicted octanol–water partition coefficient (Wildman–Crippen LogP) is 6.05. The Kier molecular flexibility index (Phi) is 4.29. The average molecular weight is 299 g/mol. The molecule has 0 aromatic heterocycles. The maximum atomic E-state index is 6.41. The molecule has 0 saturated carbocycles. The molecule has 2 aromatic carbocycles. The van der Waals surface area contributed by atoms with Gasteiger partial charge >= 0.3 is 0 Å². The summed E-state index contributed by atoms with van der Waals surface area (Å²) < 4.78 is 6.41. The van der Waals surface area contributed by atoms with E-state index in [4.69, 9.17) is 4.43 Å². The highest BCUT2D eigenvalue weighted by atomic mass is 28.4. The lowest BCUT2D eigenvalue weighted by atomic mass is 10.0. The van der Waals surface area contributed by atoms with E-state index >= 15 is 0 Å². The number of hydrogen-bond acceptors (Lipinski definition) is 1. The van der Waals surface area contributed by atoms with Crippen LogP contribution in [0.1, 0.15) is 26.3 Å². The SMILES string of the molecule is Cc1ccccc1-c1cccc(O[Si](C)(C)C(C)(C)C)c1. The minimum Gasteiger partial charge on any atom is -0.543 e. The van der Waals surface area contributed by atoms with Gasteiger partial charge in [0.05, 0.1) is 0 Å². The molecule has 0 bridgehead atoms. The van der Waals surface area contributed by atoms with Gasteiger partial charge in [-0.3, -0.25) is 0 Å². The third-order valence-corrected chi connectivity index (χ3v) is 8.83. The molecule has 0 fully saturated rings. The molecule has 2 aromatic rings. The Morgan fingerprint density at radius 2 is 1.57 bits per heavy atom. The van der Waals surface area contributed by atoms with Gasteiger partial charge in [0.2, 0.25) is 8.32 Å². The van der Waals surface area contributed by atoms with Gasteiger partial charge in [0.15, 0.2) is 0 Å². The molecule has 2 rings (SSSR count). The zero-order valence-electron chi connectivity index (χ0n) is 14.0. The van der Waals surface area contributed by atoms with E-state index in [2.05, 4.69) is 89.3 Å². The zero-order valence-corrected chi connectivity index (χ0v) is 15.0. The van der Waals surface area contributed by atoms with E-state index < -0.39 is 8.32 Å². The smallest absolute Gasteiger partial charge is 0.250 e. The Morgan fingerprint density at radius 3 is 2.19 bits per heavy atom. The van der Waals surface area contributed by atoms with Gasteiger partial charge in [0.25, 0.3) is 0 Å². The van der Waals surface area contributed by atoms with Crippen LogP contribution >= 0.6 is 0 Å². The molecular weight excluding hydrogens is 272 g/mol. The highest BCUT2D eigenvalue weighted by Crippen LogP contribution is 2.38. The van der Waals surface area contributed by atoms with E-state index in [0.29, 0.717) is 0 Å². The van der Waals surface area contributed by atoms with Crippen LogP contribution in [0.25, 0.3) is 11.1 Å². The summed E-state index contributed by atoms with van der Waals surface area (Å²) in [6, 6.07) is 17.0. The highest BCUT2D eigenvalue weighted by molar-refractivity contribution is 6.74. The highest BCUT2D eigenvalue weighted by Gasteiger charge is 2.38. The Morgan fingerprint density at radius 1 is 0.905 bits per heavy atom. The fourth-order valence-electron chi connectivity index (χ4n) is 2.07. The normalized spacial score (nSPS) is 12.3. The number of rotatable bonds is 3. The lowest BCUT2D eigenvalue weighted by Crippen LogP contribution is -2.43. The summed E-state index contributed by atoms with van der Waals surface area (Å²) in [5.74, 6) is 0.988. The third kappa shape index (κ3) is 3.56. The van der Waals surface area contributed by atoms with Crippen molar-refractivity contribution in [3.05, 3.63) is 54.1 Å². The minimum absolute atomic E-state index is 0.214. The Hall–Kier alpha value is -1.54. The summed E-state index contributed by atoms with van der Waals surface area (Å²) >= 11 is 0. The van der Waals surface area contributed by atoms with Crippen LogP contribution in [-0.2, 0) is 0 Å². The molecule has 0 unspecified atom stereocenters. The van der Waals surface area contributed by atoms with E-state index in [1.165, 1.54) is 16.7 Å². The molecule has 0 amide bonds. The van der Waals surface area contributed by atoms with Crippen LogP contribution in [0.4, 0.5) is 0 Å². The van der Waals surface area contributed by atoms with Crippen molar-refractivity contribution in [2.45, 2.75) is 45.8 Å². The largest absolute Gasteiger partial charge is 0.543 e. The predicted molar refractivity (Wildman–Crippen MR) is 94.4 cm³/mol. The second-order valence-electron chi connectivity index (χ2n) is 7.21. The van der Waals surface area contributed by atoms with E-state index in [1.807, 2.05) is 0 Å². The molecule has 0 spiro atoms. The summed E-state index contributed by atoms with van der Waals surface area (Å²) in [7, 11) is -1.78. The molecule has 0 heterocycles. The van der Waals surface area contributed by atoms with Crippen molar-refractivity contribution in [2.24, 2.45) is 0 Å². The number of aryl methyl sites for hydroxylation is 1. The van der Waals surface area contributed by atoms with Crippen molar-refractivity contribution >= 4 is 8.32 Å². The monoisotopic (exact) mass is 298 g/mol. The molecule has 1 nitrogen and oxygen atoms in total. The minimum atomic E-state index is -1.78. The maximum absolute atomic E-state index is 6.41. The van der Waals surface area contributed by atoms with Crippen molar-refractivity contribution in [1.29, 1.82) is 0 Å². The first-order chi connectivity index (χ1) is 9.71. The zero-order chi connectivity index (χ0) is 15.7. The summed E-state index contributed by atoms with van der Waals surface area (Å²) in [6.07, 6.45) is 0. The van der Waals surface area contributed by atoms with E-state index in [9.17, 15) is 0 Å². The van der Waals surface area contributed by atoms with E-state index in [1.54, 1.807) is 0 Å². The lowest BCUT2D eigenvalue weighted by molar-refractivity contribution is 0.492. The molecule has 0 aliphatic carbocycles. The average Bonchev–Trinajstić information content (AvgIpc) is 2.37. The fraction of sp³-hybridized carbons (Fsp3) is 0.368. The third-order valence-electron chi connectivity index (χ3n) is 4.47. The molecule has 0 saturated heterocycles. The van der Waals surface area contributed by atoms with Crippen molar-refractivity contribution in [2.75, 3.05) is 0 Å². The number of hydrogen-bond donors (Lipinski definition) is 0. The summed E-state index contributed by atoms with van der Waals surface area (Å²) in [4.78, 5) is 0. The molecule has 0 aliphatic rings. The van der Waals surface area contributed by atoms with Gasteiger partial charge in [0, 0.05) is 0 Å². The van der Waals surface area contributed by atoms with Gasteiger partial charge in [-0.25, -0.2) is 0 Å². The molecule has 0 radical (unpaired) electrons. The van der Waals surface area contributed by atoms with Crippen molar-refractivity contribution in [3.63, 3.8) is 0 Å². The van der Waals surface area contributed by atoms with Gasteiger partial charge in [-0.15, -0.1) is 0 Å². The van der Waals surface area contributed by atoms with Gasteiger partial charge in [-0.2, -0.15) is 0 Å². The maximum Gasteiger partial charge on any atom is 0.250 e. The van der Waals surface area contributed by atoms with Crippen LogP contribution in [0.2, 0.25) is 18.1 Å². The molecular formula is C19H26OSi. The first-order valence-corrected chi connectivity index (χ1v) is 10.5. The quantitative estimate of drug-likeness (QED) is 0.627. The molecule has 112 valence electrons. The number of benzene rings is 2. The van der Waals surface area contributed by atoms with Crippen molar-refractivity contribution in [3.8, 4) is 16.9 Å². The summed E-state index contributed by atoms with van der Waals surface area (Å²) in [5, 5.41) is 0.214. The standard InChI is InChI=1S/C19H26OSi/c1-15-10-7-8-13-18(15)16-11-9-12-17(14-16)20-21(5,6)19(2,3)4/h7-14H,1-6H3. The van der Waals surface area contributed by atoms with E-state index in [0.717, 1.165) is 5.75 Å². The lowest BCUT2D eigenvalue weighted by Gasteiger charge is -2.36. The molecule has 2 heteroatoms. The molecule has 0 atom stereocenters. The fourth-order valence-corrected chi connectivity index (χ4v) is 3.09. The van der Waals surface area contributed by atoms with Crippen LogP contribution in [0.5, 0.6) is 5.75 Å². The van der Waals surface area contributed by atoms with Gasteiger partial charge in [-0.05, 0) is 53.9 Å². The van der Waals surface area contributed by atoms with Crippen LogP contribution in [0.15, 0.2) is 48.5 Å². The van der Waals surface area contributed by atoms with Crippen LogP contribution < -0.4 is 4.43 Å². The molecule has 0 aliphatic heterocycles. The topological polar surface area (TPSA) is 9.23 Å². The van der Waals surface area contributed by atoms with Gasteiger partial charge < -0.3 is 4.43 Å². The van der Waals surface area contributed by atoms with Crippen LogP contribution in [0.3, 0.4) is 0 Å². The first kappa shape index (κ1) is 15.8. The first-order valence-electron chi connectivity index (χ1n) is 7.56. The van der Waals surface area contributed by atoms with Crippen LogP contribution in [-0.4, -0.2) is 8.32 Å². The Bertz CT molecular complexity index is 623. The molecule has 0 N–H and O–H groups in total. The van der Waals surface area contributed by atoms with Crippen molar-refractivity contribution in [1.82, 2.24) is 0 Å². The molecule has 21 heavy (non-hydrogen) atoms. The second-order valence-corrected chi connectivity index (χ2v) is 11.9.